The molecule has 2 aliphatic heterocycles. The number of aromatic nitrogens is 1. The van der Waals surface area contributed by atoms with E-state index in [2.05, 4.69) is 21.8 Å². The van der Waals surface area contributed by atoms with Gasteiger partial charge in [-0.05, 0) is 58.3 Å². The lowest BCUT2D eigenvalue weighted by Crippen LogP contribution is -2.47. The lowest BCUT2D eigenvalue weighted by Gasteiger charge is -2.33. The van der Waals surface area contributed by atoms with Gasteiger partial charge in [0.05, 0.1) is 5.56 Å². The molecule has 0 unspecified atom stereocenters. The van der Waals surface area contributed by atoms with Crippen LogP contribution in [0.5, 0.6) is 0 Å². The van der Waals surface area contributed by atoms with Crippen LogP contribution in [0.1, 0.15) is 41.7 Å². The summed E-state index contributed by atoms with van der Waals surface area (Å²) in [6.45, 7) is 4.00. The maximum absolute atomic E-state index is 12.7. The Morgan fingerprint density at radius 3 is 2.60 bits per heavy atom. The maximum Gasteiger partial charge on any atom is 0.255 e. The number of likely N-dealkylation sites (N-methyl/N-ethyl adjacent to an activating group) is 1. The van der Waals surface area contributed by atoms with Crippen molar-refractivity contribution in [3.63, 3.8) is 0 Å². The number of aryl methyl sites for hydroxylation is 1. The normalized spacial score (nSPS) is 27.2. The van der Waals surface area contributed by atoms with Crippen molar-refractivity contribution in [3.8, 4) is 0 Å². The third-order valence-electron chi connectivity index (χ3n) is 4.74. The summed E-state index contributed by atoms with van der Waals surface area (Å²) in [7, 11) is 2.19. The SMILES string of the molecule is Cc1ccc(C(=O)N2CCC[C@H]2[C@@H]2CCCN2C)cn1. The number of nitrogens with zero attached hydrogens (tertiary/aromatic N) is 3. The number of amides is 1. The largest absolute Gasteiger partial charge is 0.334 e. The van der Waals surface area contributed by atoms with Crippen LogP contribution in [0, 0.1) is 6.92 Å². The second-order valence-corrected chi connectivity index (χ2v) is 6.09. The third-order valence-corrected chi connectivity index (χ3v) is 4.74. The van der Waals surface area contributed by atoms with E-state index < -0.39 is 0 Å². The fourth-order valence-corrected chi connectivity index (χ4v) is 3.63. The number of carbonyl (C=O) groups is 1. The molecule has 1 aromatic heterocycles. The molecule has 0 radical (unpaired) electrons. The molecule has 0 aromatic carbocycles. The van der Waals surface area contributed by atoms with Crippen molar-refractivity contribution >= 4 is 5.91 Å². The summed E-state index contributed by atoms with van der Waals surface area (Å²) in [5, 5.41) is 0. The summed E-state index contributed by atoms with van der Waals surface area (Å²) in [5.74, 6) is 0.153. The highest BCUT2D eigenvalue weighted by Crippen LogP contribution is 2.30. The van der Waals surface area contributed by atoms with Crippen LogP contribution in [0.4, 0.5) is 0 Å². The molecule has 4 heteroatoms. The van der Waals surface area contributed by atoms with Gasteiger partial charge in [-0.3, -0.25) is 9.78 Å². The van der Waals surface area contributed by atoms with Gasteiger partial charge in [0.2, 0.25) is 0 Å². The monoisotopic (exact) mass is 273 g/mol. The van der Waals surface area contributed by atoms with Gasteiger partial charge in [-0.2, -0.15) is 0 Å². The molecule has 2 atom stereocenters. The van der Waals surface area contributed by atoms with Gasteiger partial charge in [-0.25, -0.2) is 0 Å². The lowest BCUT2D eigenvalue weighted by atomic mass is 10.0. The standard InChI is InChI=1S/C16H23N3O/c1-12-7-8-13(11-17-12)16(20)19-10-4-6-15(19)14-5-3-9-18(14)2/h7-8,11,14-15H,3-6,9-10H2,1-2H3/t14-,15-/m0/s1. The average Bonchev–Trinajstić information content (AvgIpc) is 3.07. The van der Waals surface area contributed by atoms with E-state index in [-0.39, 0.29) is 5.91 Å². The molecule has 1 aromatic rings. The molecule has 2 aliphatic rings. The Hall–Kier alpha value is -1.42. The Balaban J connectivity index is 1.78. The zero-order valence-electron chi connectivity index (χ0n) is 12.4. The van der Waals surface area contributed by atoms with Crippen molar-refractivity contribution in [3.05, 3.63) is 29.6 Å². The van der Waals surface area contributed by atoms with Crippen molar-refractivity contribution < 1.29 is 4.79 Å². The maximum atomic E-state index is 12.7. The minimum absolute atomic E-state index is 0.153. The zero-order valence-corrected chi connectivity index (χ0v) is 12.4. The van der Waals surface area contributed by atoms with Gasteiger partial charge in [0.25, 0.3) is 5.91 Å². The number of likely N-dealkylation sites (tertiary alicyclic amines) is 2. The van der Waals surface area contributed by atoms with Crippen molar-refractivity contribution in [2.75, 3.05) is 20.1 Å². The Labute approximate surface area is 120 Å². The van der Waals surface area contributed by atoms with Gasteiger partial charge in [-0.1, -0.05) is 0 Å². The van der Waals surface area contributed by atoms with Crippen LogP contribution in [-0.4, -0.2) is 52.9 Å². The van der Waals surface area contributed by atoms with E-state index in [4.69, 9.17) is 0 Å². The third kappa shape index (κ3) is 2.44. The van der Waals surface area contributed by atoms with Gasteiger partial charge in [0, 0.05) is 30.5 Å². The second-order valence-electron chi connectivity index (χ2n) is 6.09. The molecule has 0 bridgehead atoms. The molecular formula is C16H23N3O. The van der Waals surface area contributed by atoms with E-state index in [1.807, 2.05) is 19.1 Å². The van der Waals surface area contributed by atoms with Gasteiger partial charge < -0.3 is 9.80 Å². The van der Waals surface area contributed by atoms with E-state index in [0.717, 1.165) is 37.2 Å². The number of rotatable bonds is 2. The van der Waals surface area contributed by atoms with Gasteiger partial charge >= 0.3 is 0 Å². The summed E-state index contributed by atoms with van der Waals surface area (Å²) in [4.78, 5) is 21.5. The lowest BCUT2D eigenvalue weighted by molar-refractivity contribution is 0.0664. The summed E-state index contributed by atoms with van der Waals surface area (Å²) in [6, 6.07) is 4.74. The quantitative estimate of drug-likeness (QED) is 0.828. The minimum Gasteiger partial charge on any atom is -0.334 e. The number of hydrogen-bond acceptors (Lipinski definition) is 3. The Morgan fingerprint density at radius 1 is 1.20 bits per heavy atom. The highest BCUT2D eigenvalue weighted by Gasteiger charge is 2.38. The molecule has 0 saturated carbocycles. The first-order valence-electron chi connectivity index (χ1n) is 7.60. The Bertz CT molecular complexity index is 485. The van der Waals surface area contributed by atoms with Crippen molar-refractivity contribution in [2.24, 2.45) is 0 Å². The highest BCUT2D eigenvalue weighted by atomic mass is 16.2. The topological polar surface area (TPSA) is 36.4 Å². The highest BCUT2D eigenvalue weighted by molar-refractivity contribution is 5.94. The summed E-state index contributed by atoms with van der Waals surface area (Å²) >= 11 is 0. The predicted octanol–water partition coefficient (Wildman–Crippen LogP) is 2.09. The Morgan fingerprint density at radius 2 is 1.95 bits per heavy atom. The van der Waals surface area contributed by atoms with E-state index >= 15 is 0 Å². The average molecular weight is 273 g/mol. The molecule has 4 nitrogen and oxygen atoms in total. The van der Waals surface area contributed by atoms with Crippen LogP contribution in [0.3, 0.4) is 0 Å². The van der Waals surface area contributed by atoms with Gasteiger partial charge in [-0.15, -0.1) is 0 Å². The fourth-order valence-electron chi connectivity index (χ4n) is 3.63. The van der Waals surface area contributed by atoms with Crippen LogP contribution < -0.4 is 0 Å². The summed E-state index contributed by atoms with van der Waals surface area (Å²) < 4.78 is 0. The summed E-state index contributed by atoms with van der Waals surface area (Å²) in [5.41, 5.74) is 1.68. The smallest absolute Gasteiger partial charge is 0.255 e. The number of carbonyl (C=O) groups excluding carboxylic acids is 1. The molecular weight excluding hydrogens is 250 g/mol. The molecule has 2 saturated heterocycles. The van der Waals surface area contributed by atoms with E-state index in [0.29, 0.717) is 12.1 Å². The van der Waals surface area contributed by atoms with Gasteiger partial charge in [0.1, 0.15) is 0 Å². The molecule has 3 rings (SSSR count). The van der Waals surface area contributed by atoms with Crippen molar-refractivity contribution in [2.45, 2.75) is 44.7 Å². The molecule has 20 heavy (non-hydrogen) atoms. The van der Waals surface area contributed by atoms with Crippen LogP contribution in [-0.2, 0) is 0 Å². The van der Waals surface area contributed by atoms with Crippen LogP contribution in [0.2, 0.25) is 0 Å². The van der Waals surface area contributed by atoms with Gasteiger partial charge in [0.15, 0.2) is 0 Å². The summed E-state index contributed by atoms with van der Waals surface area (Å²) in [6.07, 6.45) is 6.45. The number of pyridine rings is 1. The second kappa shape index (κ2) is 5.52. The molecule has 3 heterocycles. The molecule has 1 amide bonds. The van der Waals surface area contributed by atoms with Crippen molar-refractivity contribution in [1.82, 2.24) is 14.8 Å². The zero-order chi connectivity index (χ0) is 14.1. The van der Waals surface area contributed by atoms with Crippen LogP contribution >= 0.6 is 0 Å². The predicted molar refractivity (Wildman–Crippen MR) is 78.7 cm³/mol. The van der Waals surface area contributed by atoms with Crippen LogP contribution in [0.25, 0.3) is 0 Å². The minimum atomic E-state index is 0.153. The Kier molecular flexibility index (Phi) is 3.74. The first-order chi connectivity index (χ1) is 9.66. The van der Waals surface area contributed by atoms with Crippen molar-refractivity contribution in [1.29, 1.82) is 0 Å². The van der Waals surface area contributed by atoms with E-state index in [1.165, 1.54) is 12.8 Å². The fraction of sp³-hybridized carbons (Fsp3) is 0.625. The van der Waals surface area contributed by atoms with E-state index in [9.17, 15) is 4.79 Å². The molecule has 0 N–H and O–H groups in total. The molecule has 2 fully saturated rings. The molecule has 0 spiro atoms. The van der Waals surface area contributed by atoms with E-state index in [1.54, 1.807) is 6.20 Å². The van der Waals surface area contributed by atoms with Crippen LogP contribution in [0.15, 0.2) is 18.3 Å². The molecule has 108 valence electrons. The first kappa shape index (κ1) is 13.6. The molecule has 0 aliphatic carbocycles. The first-order valence-corrected chi connectivity index (χ1v) is 7.60. The number of hydrogen-bond donors (Lipinski definition) is 0.